The van der Waals surface area contributed by atoms with Crippen LogP contribution in [-0.4, -0.2) is 30.6 Å². The highest BCUT2D eigenvalue weighted by atomic mass is 127. The van der Waals surface area contributed by atoms with E-state index in [1.807, 2.05) is 24.3 Å². The quantitative estimate of drug-likeness (QED) is 0.166. The lowest BCUT2D eigenvalue weighted by molar-refractivity contribution is 0.261. The van der Waals surface area contributed by atoms with Crippen LogP contribution in [0, 0.1) is 0 Å². The van der Waals surface area contributed by atoms with Gasteiger partial charge >= 0.3 is 0 Å². The first-order chi connectivity index (χ1) is 15.8. The molecule has 0 radical (unpaired) electrons. The van der Waals surface area contributed by atoms with Crippen molar-refractivity contribution in [3.05, 3.63) is 90.0 Å². The number of furan rings is 1. The third-order valence-corrected chi connectivity index (χ3v) is 5.75. The number of aliphatic imine (C=N–C) groups is 1. The van der Waals surface area contributed by atoms with Gasteiger partial charge in [0.2, 0.25) is 0 Å². The predicted octanol–water partition coefficient (Wildman–Crippen LogP) is 5.22. The number of benzene rings is 2. The Balaban J connectivity index is 0.00000259. The maximum atomic E-state index is 5.82. The highest BCUT2D eigenvalue weighted by Crippen LogP contribution is 2.31. The van der Waals surface area contributed by atoms with Gasteiger partial charge in [-0.3, -0.25) is 4.99 Å². The summed E-state index contributed by atoms with van der Waals surface area (Å²) in [7, 11) is 0. The van der Waals surface area contributed by atoms with E-state index in [4.69, 9.17) is 14.1 Å². The van der Waals surface area contributed by atoms with Crippen LogP contribution in [0.5, 0.6) is 5.75 Å². The standard InChI is InChI=1S/C26H28N4O2.HI/c1-3-9-23-19(6-1)18-20(29-23)11-14-27-26(28-15-12-21-7-5-16-31-21)30-24-13-17-32-25-10-4-2-8-22(24)25;/h1-10,16,18,24,29H,11-15,17H2,(H2,27,28,30);1H. The number of ether oxygens (including phenoxy) is 1. The Hall–Kier alpha value is -2.94. The number of aromatic amines is 1. The molecule has 0 bridgehead atoms. The van der Waals surface area contributed by atoms with Crippen molar-refractivity contribution in [3.63, 3.8) is 0 Å². The van der Waals surface area contributed by atoms with E-state index in [2.05, 4.69) is 58.1 Å². The van der Waals surface area contributed by atoms with Gasteiger partial charge in [0.05, 0.1) is 18.9 Å². The molecule has 172 valence electrons. The van der Waals surface area contributed by atoms with Crippen LogP contribution in [0.2, 0.25) is 0 Å². The Morgan fingerprint density at radius 1 is 1.03 bits per heavy atom. The summed E-state index contributed by atoms with van der Waals surface area (Å²) in [5.74, 6) is 2.71. The van der Waals surface area contributed by atoms with Gasteiger partial charge in [-0.1, -0.05) is 36.4 Å². The van der Waals surface area contributed by atoms with E-state index in [1.165, 1.54) is 22.2 Å². The number of guanidine groups is 1. The molecule has 3 heterocycles. The molecule has 6 nitrogen and oxygen atoms in total. The molecular formula is C26H29IN4O2. The number of hydrogen-bond acceptors (Lipinski definition) is 3. The molecule has 2 aromatic heterocycles. The lowest BCUT2D eigenvalue weighted by atomic mass is 10.0. The number of fused-ring (bicyclic) bond motifs is 2. The second-order valence-corrected chi connectivity index (χ2v) is 7.99. The van der Waals surface area contributed by atoms with Crippen LogP contribution in [-0.2, 0) is 12.8 Å². The Morgan fingerprint density at radius 3 is 2.79 bits per heavy atom. The molecule has 0 fully saturated rings. The summed E-state index contributed by atoms with van der Waals surface area (Å²) in [6.07, 6.45) is 4.26. The second-order valence-electron chi connectivity index (χ2n) is 7.99. The minimum absolute atomic E-state index is 0. The lowest BCUT2D eigenvalue weighted by Crippen LogP contribution is -2.42. The van der Waals surface area contributed by atoms with Crippen LogP contribution < -0.4 is 15.4 Å². The van der Waals surface area contributed by atoms with Crippen LogP contribution in [0.1, 0.15) is 29.5 Å². The number of rotatable bonds is 7. The number of aromatic nitrogens is 1. The number of hydrogen-bond donors (Lipinski definition) is 3. The van der Waals surface area contributed by atoms with Crippen molar-refractivity contribution >= 4 is 40.8 Å². The topological polar surface area (TPSA) is 74.6 Å². The summed E-state index contributed by atoms with van der Waals surface area (Å²) in [5.41, 5.74) is 3.56. The molecule has 0 amide bonds. The summed E-state index contributed by atoms with van der Waals surface area (Å²) in [6, 6.07) is 22.9. The molecule has 0 saturated carbocycles. The Bertz CT molecular complexity index is 1150. The molecular weight excluding hydrogens is 527 g/mol. The molecule has 0 saturated heterocycles. The van der Waals surface area contributed by atoms with E-state index in [1.54, 1.807) is 6.26 Å². The van der Waals surface area contributed by atoms with Crippen molar-refractivity contribution in [2.45, 2.75) is 25.3 Å². The highest BCUT2D eigenvalue weighted by molar-refractivity contribution is 14.0. The maximum absolute atomic E-state index is 5.82. The van der Waals surface area contributed by atoms with Crippen molar-refractivity contribution in [1.82, 2.24) is 15.6 Å². The first kappa shape index (κ1) is 23.2. The van der Waals surface area contributed by atoms with Gasteiger partial charge in [-0.05, 0) is 35.7 Å². The molecule has 1 aliphatic heterocycles. The van der Waals surface area contributed by atoms with Crippen molar-refractivity contribution in [2.75, 3.05) is 19.7 Å². The number of para-hydroxylation sites is 2. The molecule has 4 aromatic rings. The Labute approximate surface area is 210 Å². The SMILES string of the molecule is I.c1coc(CCN=C(NCCc2cc3ccccc3[nH]2)NC2CCOc3ccccc32)c1. The van der Waals surface area contributed by atoms with E-state index < -0.39 is 0 Å². The number of nitrogens with one attached hydrogen (secondary N) is 3. The third-order valence-electron chi connectivity index (χ3n) is 5.75. The first-order valence-electron chi connectivity index (χ1n) is 11.2. The van der Waals surface area contributed by atoms with E-state index in [9.17, 15) is 0 Å². The van der Waals surface area contributed by atoms with Crippen molar-refractivity contribution in [3.8, 4) is 5.75 Å². The van der Waals surface area contributed by atoms with Gasteiger partial charge < -0.3 is 24.8 Å². The molecule has 2 aromatic carbocycles. The monoisotopic (exact) mass is 556 g/mol. The molecule has 1 atom stereocenters. The number of halogens is 1. The largest absolute Gasteiger partial charge is 0.493 e. The lowest BCUT2D eigenvalue weighted by Gasteiger charge is -2.28. The minimum Gasteiger partial charge on any atom is -0.493 e. The maximum Gasteiger partial charge on any atom is 0.191 e. The van der Waals surface area contributed by atoms with Crippen molar-refractivity contribution in [1.29, 1.82) is 0 Å². The smallest absolute Gasteiger partial charge is 0.191 e. The van der Waals surface area contributed by atoms with Gasteiger partial charge in [-0.2, -0.15) is 0 Å². The number of H-pyrrole nitrogens is 1. The fraction of sp³-hybridized carbons (Fsp3) is 0.269. The van der Waals surface area contributed by atoms with Gasteiger partial charge in [0.25, 0.3) is 0 Å². The fourth-order valence-corrected chi connectivity index (χ4v) is 4.13. The van der Waals surface area contributed by atoms with Crippen LogP contribution in [0.25, 0.3) is 10.9 Å². The van der Waals surface area contributed by atoms with E-state index in [0.717, 1.165) is 43.3 Å². The first-order valence-corrected chi connectivity index (χ1v) is 11.2. The Kier molecular flexibility index (Phi) is 7.93. The van der Waals surface area contributed by atoms with Crippen LogP contribution in [0.15, 0.2) is 82.4 Å². The van der Waals surface area contributed by atoms with E-state index in [0.29, 0.717) is 13.2 Å². The van der Waals surface area contributed by atoms with E-state index >= 15 is 0 Å². The van der Waals surface area contributed by atoms with Gasteiger partial charge in [-0.15, -0.1) is 24.0 Å². The molecule has 1 aliphatic rings. The van der Waals surface area contributed by atoms with Crippen molar-refractivity contribution in [2.24, 2.45) is 4.99 Å². The molecule has 3 N–H and O–H groups in total. The van der Waals surface area contributed by atoms with Gasteiger partial charge in [0.1, 0.15) is 11.5 Å². The second kappa shape index (κ2) is 11.3. The Morgan fingerprint density at radius 2 is 1.91 bits per heavy atom. The van der Waals surface area contributed by atoms with E-state index in [-0.39, 0.29) is 30.0 Å². The van der Waals surface area contributed by atoms with Gasteiger partial charge in [-0.25, -0.2) is 0 Å². The average molecular weight is 556 g/mol. The molecule has 0 spiro atoms. The summed E-state index contributed by atoms with van der Waals surface area (Å²) in [4.78, 5) is 8.32. The van der Waals surface area contributed by atoms with Crippen LogP contribution in [0.3, 0.4) is 0 Å². The molecule has 7 heteroatoms. The van der Waals surface area contributed by atoms with Gasteiger partial charge in [0, 0.05) is 49.1 Å². The zero-order valence-corrected chi connectivity index (χ0v) is 20.8. The molecule has 5 rings (SSSR count). The summed E-state index contributed by atoms with van der Waals surface area (Å²) >= 11 is 0. The zero-order valence-electron chi connectivity index (χ0n) is 18.4. The molecule has 1 unspecified atom stereocenters. The third kappa shape index (κ3) is 5.90. The highest BCUT2D eigenvalue weighted by Gasteiger charge is 2.21. The fourth-order valence-electron chi connectivity index (χ4n) is 4.13. The summed E-state index contributed by atoms with van der Waals surface area (Å²) < 4.78 is 11.3. The predicted molar refractivity (Wildman–Crippen MR) is 143 cm³/mol. The van der Waals surface area contributed by atoms with Crippen LogP contribution in [0.4, 0.5) is 0 Å². The zero-order chi connectivity index (χ0) is 21.6. The van der Waals surface area contributed by atoms with Gasteiger partial charge in [0.15, 0.2) is 5.96 Å². The molecule has 0 aliphatic carbocycles. The summed E-state index contributed by atoms with van der Waals surface area (Å²) in [5, 5.41) is 8.38. The van der Waals surface area contributed by atoms with Crippen LogP contribution >= 0.6 is 24.0 Å². The normalized spacial score (nSPS) is 15.4. The minimum atomic E-state index is 0. The molecule has 33 heavy (non-hydrogen) atoms. The number of nitrogens with zero attached hydrogens (tertiary/aromatic N) is 1. The average Bonchev–Trinajstić information content (AvgIpc) is 3.48. The van der Waals surface area contributed by atoms with Crippen molar-refractivity contribution < 1.29 is 9.15 Å². The summed E-state index contributed by atoms with van der Waals surface area (Å²) in [6.45, 7) is 2.13.